The third-order valence-electron chi connectivity index (χ3n) is 4.64. The average molecular weight is 332 g/mol. The lowest BCUT2D eigenvalue weighted by atomic mass is 10.1. The molecule has 128 valence electrons. The highest BCUT2D eigenvalue weighted by molar-refractivity contribution is 5.89. The molecule has 2 aliphatic rings. The number of aromatic nitrogens is 1. The van der Waals surface area contributed by atoms with E-state index < -0.39 is 0 Å². The van der Waals surface area contributed by atoms with Gasteiger partial charge in [-0.2, -0.15) is 0 Å². The van der Waals surface area contributed by atoms with Crippen molar-refractivity contribution in [2.24, 2.45) is 5.92 Å². The van der Waals surface area contributed by atoms with Crippen molar-refractivity contribution in [3.05, 3.63) is 34.7 Å². The molecule has 3 rings (SSSR count). The summed E-state index contributed by atoms with van der Waals surface area (Å²) < 4.78 is 1.36. The molecule has 0 aliphatic carbocycles. The predicted octanol–water partition coefficient (Wildman–Crippen LogP) is -1.35. The minimum absolute atomic E-state index is 0.00120. The first-order valence-corrected chi connectivity index (χ1v) is 7.94. The Morgan fingerprint density at radius 3 is 2.62 bits per heavy atom. The summed E-state index contributed by atoms with van der Waals surface area (Å²) in [6, 6.07) is 4.71. The third kappa shape index (κ3) is 3.04. The van der Waals surface area contributed by atoms with E-state index in [9.17, 15) is 19.2 Å². The van der Waals surface area contributed by atoms with Gasteiger partial charge in [0.25, 0.3) is 5.56 Å². The Bertz CT molecular complexity index is 723. The minimum atomic E-state index is -0.310. The fourth-order valence-corrected chi connectivity index (χ4v) is 3.16. The maximum atomic E-state index is 12.2. The van der Waals surface area contributed by atoms with Crippen LogP contribution < -0.4 is 10.9 Å². The minimum Gasteiger partial charge on any atom is -0.359 e. The Morgan fingerprint density at radius 2 is 1.96 bits per heavy atom. The largest absolute Gasteiger partial charge is 0.359 e. The lowest BCUT2D eigenvalue weighted by molar-refractivity contribution is -0.144. The van der Waals surface area contributed by atoms with Crippen LogP contribution in [0.15, 0.2) is 29.2 Å². The van der Waals surface area contributed by atoms with Crippen LogP contribution in [0.4, 0.5) is 0 Å². The number of pyridine rings is 1. The van der Waals surface area contributed by atoms with E-state index in [1.54, 1.807) is 35.2 Å². The van der Waals surface area contributed by atoms with Gasteiger partial charge in [0.15, 0.2) is 0 Å². The summed E-state index contributed by atoms with van der Waals surface area (Å²) in [5.41, 5.74) is -0.217. The summed E-state index contributed by atoms with van der Waals surface area (Å²) in [5, 5.41) is 2.57. The van der Waals surface area contributed by atoms with Crippen LogP contribution in [0.25, 0.3) is 0 Å². The fraction of sp³-hybridized carbons (Fsp3) is 0.500. The fourth-order valence-electron chi connectivity index (χ4n) is 3.16. The van der Waals surface area contributed by atoms with Gasteiger partial charge in [-0.1, -0.05) is 6.07 Å². The van der Waals surface area contributed by atoms with E-state index in [0.29, 0.717) is 19.6 Å². The standard InChI is InChI=1S/C16H20N4O4/c1-17-16(24)11-6-14(22)20(7-11)12-8-19(9-12)15(23)10-18-5-3-2-4-13(18)21/h2-5,11-12H,6-10H2,1H3,(H,17,24). The number of rotatable bonds is 4. The summed E-state index contributed by atoms with van der Waals surface area (Å²) in [4.78, 5) is 50.9. The second-order valence-corrected chi connectivity index (χ2v) is 6.18. The topological polar surface area (TPSA) is 91.7 Å². The Hall–Kier alpha value is -2.64. The van der Waals surface area contributed by atoms with Gasteiger partial charge in [-0.05, 0) is 6.07 Å². The van der Waals surface area contributed by atoms with Gasteiger partial charge in [0.05, 0.1) is 12.0 Å². The van der Waals surface area contributed by atoms with Crippen LogP contribution >= 0.6 is 0 Å². The van der Waals surface area contributed by atoms with Crippen LogP contribution in [-0.2, 0) is 20.9 Å². The monoisotopic (exact) mass is 332 g/mol. The molecule has 1 N–H and O–H groups in total. The van der Waals surface area contributed by atoms with Crippen molar-refractivity contribution in [2.75, 3.05) is 26.7 Å². The van der Waals surface area contributed by atoms with E-state index in [-0.39, 0.29) is 48.2 Å². The Morgan fingerprint density at radius 1 is 1.21 bits per heavy atom. The number of carbonyl (C=O) groups is 3. The summed E-state index contributed by atoms with van der Waals surface area (Å²) >= 11 is 0. The molecule has 1 aromatic rings. The number of carbonyl (C=O) groups excluding carboxylic acids is 3. The highest BCUT2D eigenvalue weighted by Gasteiger charge is 2.43. The number of likely N-dealkylation sites (tertiary alicyclic amines) is 2. The lowest BCUT2D eigenvalue weighted by Crippen LogP contribution is -2.62. The van der Waals surface area contributed by atoms with Crippen LogP contribution in [0.1, 0.15) is 6.42 Å². The molecule has 0 spiro atoms. The van der Waals surface area contributed by atoms with E-state index in [4.69, 9.17) is 0 Å². The van der Waals surface area contributed by atoms with Crippen molar-refractivity contribution >= 4 is 17.7 Å². The van der Waals surface area contributed by atoms with Gasteiger partial charge >= 0.3 is 0 Å². The highest BCUT2D eigenvalue weighted by atomic mass is 16.2. The molecule has 3 heterocycles. The van der Waals surface area contributed by atoms with Crippen LogP contribution in [0.3, 0.4) is 0 Å². The molecule has 2 saturated heterocycles. The van der Waals surface area contributed by atoms with Crippen molar-refractivity contribution in [1.82, 2.24) is 19.7 Å². The third-order valence-corrected chi connectivity index (χ3v) is 4.64. The first-order valence-electron chi connectivity index (χ1n) is 7.94. The maximum absolute atomic E-state index is 12.2. The van der Waals surface area contributed by atoms with Crippen molar-refractivity contribution in [1.29, 1.82) is 0 Å². The van der Waals surface area contributed by atoms with Crippen LogP contribution in [0.5, 0.6) is 0 Å². The van der Waals surface area contributed by atoms with Gasteiger partial charge in [0.2, 0.25) is 17.7 Å². The summed E-state index contributed by atoms with van der Waals surface area (Å²) in [7, 11) is 1.56. The lowest BCUT2D eigenvalue weighted by Gasteiger charge is -2.44. The zero-order chi connectivity index (χ0) is 17.3. The molecule has 8 nitrogen and oxygen atoms in total. The normalized spacial score (nSPS) is 20.9. The molecule has 0 bridgehead atoms. The molecule has 1 atom stereocenters. The van der Waals surface area contributed by atoms with Crippen molar-refractivity contribution in [2.45, 2.75) is 19.0 Å². The van der Waals surface area contributed by atoms with Gasteiger partial charge in [0, 0.05) is 45.4 Å². The number of hydrogen-bond donors (Lipinski definition) is 1. The van der Waals surface area contributed by atoms with E-state index in [1.165, 1.54) is 10.6 Å². The second-order valence-electron chi connectivity index (χ2n) is 6.18. The Kier molecular flexibility index (Phi) is 4.37. The molecular formula is C16H20N4O4. The first-order chi connectivity index (χ1) is 11.5. The van der Waals surface area contributed by atoms with E-state index >= 15 is 0 Å². The van der Waals surface area contributed by atoms with Crippen molar-refractivity contribution in [3.63, 3.8) is 0 Å². The quantitative estimate of drug-likeness (QED) is 0.738. The number of hydrogen-bond acceptors (Lipinski definition) is 4. The van der Waals surface area contributed by atoms with Crippen molar-refractivity contribution in [3.8, 4) is 0 Å². The molecular weight excluding hydrogens is 312 g/mol. The second kappa shape index (κ2) is 6.46. The van der Waals surface area contributed by atoms with Crippen LogP contribution in [-0.4, -0.2) is 64.8 Å². The number of nitrogens with one attached hydrogen (secondary N) is 1. The van der Waals surface area contributed by atoms with E-state index in [2.05, 4.69) is 5.32 Å². The molecule has 2 aliphatic heterocycles. The smallest absolute Gasteiger partial charge is 0.250 e. The maximum Gasteiger partial charge on any atom is 0.250 e. The molecule has 1 unspecified atom stereocenters. The Labute approximate surface area is 139 Å². The molecule has 0 saturated carbocycles. The van der Waals surface area contributed by atoms with Gasteiger partial charge in [-0.25, -0.2) is 0 Å². The molecule has 3 amide bonds. The number of amides is 3. The first kappa shape index (κ1) is 16.2. The zero-order valence-electron chi connectivity index (χ0n) is 13.5. The molecule has 0 aromatic carbocycles. The highest BCUT2D eigenvalue weighted by Crippen LogP contribution is 2.25. The van der Waals surface area contributed by atoms with Crippen LogP contribution in [0, 0.1) is 5.92 Å². The summed E-state index contributed by atoms with van der Waals surface area (Å²) in [6.07, 6.45) is 1.80. The molecule has 8 heteroatoms. The van der Waals surface area contributed by atoms with Gasteiger partial charge in [0.1, 0.15) is 6.54 Å². The van der Waals surface area contributed by atoms with Crippen molar-refractivity contribution < 1.29 is 14.4 Å². The molecule has 1 aromatic heterocycles. The Balaban J connectivity index is 1.53. The van der Waals surface area contributed by atoms with Gasteiger partial charge in [-0.15, -0.1) is 0 Å². The zero-order valence-corrected chi connectivity index (χ0v) is 13.5. The average Bonchev–Trinajstić information content (AvgIpc) is 2.89. The van der Waals surface area contributed by atoms with E-state index in [0.717, 1.165) is 0 Å². The summed E-state index contributed by atoms with van der Waals surface area (Å²) in [5.74, 6) is -0.620. The molecule has 0 radical (unpaired) electrons. The molecule has 2 fully saturated rings. The predicted molar refractivity (Wildman–Crippen MR) is 85.0 cm³/mol. The van der Waals surface area contributed by atoms with E-state index in [1.807, 2.05) is 0 Å². The van der Waals surface area contributed by atoms with Gasteiger partial charge in [-0.3, -0.25) is 19.2 Å². The van der Waals surface area contributed by atoms with Gasteiger partial charge < -0.3 is 19.7 Å². The summed E-state index contributed by atoms with van der Waals surface area (Å²) in [6.45, 7) is 1.31. The SMILES string of the molecule is CNC(=O)C1CC(=O)N(C2CN(C(=O)Cn3ccccc3=O)C2)C1. The number of nitrogens with zero attached hydrogens (tertiary/aromatic N) is 3. The molecule has 24 heavy (non-hydrogen) atoms. The van der Waals surface area contributed by atoms with Crippen LogP contribution in [0.2, 0.25) is 0 Å².